The molecule has 0 unspecified atom stereocenters. The SMILES string of the molecule is CCCCCCCCCCOCCOC(=O)CCC(=O)C(=O)O. The van der Waals surface area contributed by atoms with Crippen molar-refractivity contribution in [3.05, 3.63) is 0 Å². The van der Waals surface area contributed by atoms with Crippen molar-refractivity contribution in [3.63, 3.8) is 0 Å². The summed E-state index contributed by atoms with van der Waals surface area (Å²) in [6.45, 7) is 3.33. The van der Waals surface area contributed by atoms with Gasteiger partial charge in [-0.05, 0) is 6.42 Å². The number of rotatable bonds is 16. The number of Topliss-reactive ketones (excluding diaryl/α,β-unsaturated/α-hetero) is 1. The van der Waals surface area contributed by atoms with Gasteiger partial charge in [0, 0.05) is 13.0 Å². The average Bonchev–Trinajstić information content (AvgIpc) is 2.53. The van der Waals surface area contributed by atoms with Gasteiger partial charge in [-0.15, -0.1) is 0 Å². The first-order valence-corrected chi connectivity index (χ1v) is 8.57. The number of carboxylic acids is 1. The molecule has 0 aromatic heterocycles. The Morgan fingerprint density at radius 3 is 2.00 bits per heavy atom. The van der Waals surface area contributed by atoms with Crippen LogP contribution in [0.25, 0.3) is 0 Å². The van der Waals surface area contributed by atoms with Crippen molar-refractivity contribution in [2.45, 2.75) is 71.1 Å². The molecule has 0 fully saturated rings. The van der Waals surface area contributed by atoms with E-state index < -0.39 is 17.7 Å². The Bertz CT molecular complexity index is 340. The van der Waals surface area contributed by atoms with Gasteiger partial charge in [0.25, 0.3) is 0 Å². The molecular formula is C17H30O6. The van der Waals surface area contributed by atoms with Gasteiger partial charge in [-0.2, -0.15) is 0 Å². The molecule has 0 heterocycles. The molecule has 6 heteroatoms. The number of ether oxygens (including phenoxy) is 2. The highest BCUT2D eigenvalue weighted by Crippen LogP contribution is 2.08. The molecule has 0 rings (SSSR count). The topological polar surface area (TPSA) is 89.9 Å². The molecule has 0 aromatic carbocycles. The summed E-state index contributed by atoms with van der Waals surface area (Å²) in [5.41, 5.74) is 0. The third kappa shape index (κ3) is 15.2. The van der Waals surface area contributed by atoms with Crippen LogP contribution in [0.1, 0.15) is 71.1 Å². The van der Waals surface area contributed by atoms with E-state index in [2.05, 4.69) is 6.92 Å². The van der Waals surface area contributed by atoms with E-state index in [0.29, 0.717) is 13.2 Å². The van der Waals surface area contributed by atoms with Crippen molar-refractivity contribution in [2.75, 3.05) is 19.8 Å². The van der Waals surface area contributed by atoms with E-state index in [1.807, 2.05) is 0 Å². The molecule has 0 aromatic rings. The third-order valence-electron chi connectivity index (χ3n) is 3.43. The largest absolute Gasteiger partial charge is 0.476 e. The molecule has 0 spiro atoms. The number of carbonyl (C=O) groups excluding carboxylic acids is 2. The zero-order chi connectivity index (χ0) is 17.3. The molecule has 0 aliphatic rings. The lowest BCUT2D eigenvalue weighted by Gasteiger charge is -2.06. The van der Waals surface area contributed by atoms with Gasteiger partial charge in [-0.25, -0.2) is 4.79 Å². The van der Waals surface area contributed by atoms with Crippen LogP contribution in [0.5, 0.6) is 0 Å². The minimum atomic E-state index is -1.52. The van der Waals surface area contributed by atoms with Crippen LogP contribution < -0.4 is 0 Å². The quantitative estimate of drug-likeness (QED) is 0.266. The minimum Gasteiger partial charge on any atom is -0.476 e. The lowest BCUT2D eigenvalue weighted by Crippen LogP contribution is -2.16. The summed E-state index contributed by atoms with van der Waals surface area (Å²) in [6, 6.07) is 0. The van der Waals surface area contributed by atoms with Crippen LogP contribution in [-0.4, -0.2) is 42.6 Å². The second kappa shape index (κ2) is 15.5. The predicted octanol–water partition coefficient (Wildman–Crippen LogP) is 3.12. The first-order valence-electron chi connectivity index (χ1n) is 8.57. The van der Waals surface area contributed by atoms with Gasteiger partial charge in [-0.3, -0.25) is 9.59 Å². The summed E-state index contributed by atoms with van der Waals surface area (Å²) in [4.78, 5) is 32.3. The van der Waals surface area contributed by atoms with E-state index in [9.17, 15) is 14.4 Å². The van der Waals surface area contributed by atoms with E-state index in [0.717, 1.165) is 12.8 Å². The zero-order valence-electron chi connectivity index (χ0n) is 14.2. The summed E-state index contributed by atoms with van der Waals surface area (Å²) in [5.74, 6) is -3.07. The molecule has 0 bridgehead atoms. The summed E-state index contributed by atoms with van der Waals surface area (Å²) in [7, 11) is 0. The normalized spacial score (nSPS) is 10.5. The van der Waals surface area contributed by atoms with Crippen molar-refractivity contribution in [1.82, 2.24) is 0 Å². The second-order valence-corrected chi connectivity index (χ2v) is 5.54. The highest BCUT2D eigenvalue weighted by molar-refractivity contribution is 6.32. The zero-order valence-corrected chi connectivity index (χ0v) is 14.2. The van der Waals surface area contributed by atoms with Crippen molar-refractivity contribution < 1.29 is 29.0 Å². The lowest BCUT2D eigenvalue weighted by molar-refractivity contribution is -0.151. The Balaban J connectivity index is 3.25. The molecule has 0 saturated heterocycles. The van der Waals surface area contributed by atoms with Crippen LogP contribution >= 0.6 is 0 Å². The molecular weight excluding hydrogens is 300 g/mol. The standard InChI is InChI=1S/C17H30O6/c1-2-3-4-5-6-7-8-9-12-22-13-14-23-16(19)11-10-15(18)17(20)21/h2-14H2,1H3,(H,20,21). The first kappa shape index (κ1) is 21.6. The number of unbranched alkanes of at least 4 members (excludes halogenated alkanes) is 7. The monoisotopic (exact) mass is 330 g/mol. The number of aliphatic carboxylic acids is 1. The highest BCUT2D eigenvalue weighted by Gasteiger charge is 2.13. The van der Waals surface area contributed by atoms with Crippen molar-refractivity contribution in [2.24, 2.45) is 0 Å². The number of esters is 1. The summed E-state index contributed by atoms with van der Waals surface area (Å²) >= 11 is 0. The van der Waals surface area contributed by atoms with Gasteiger partial charge >= 0.3 is 11.9 Å². The molecule has 0 radical (unpaired) electrons. The van der Waals surface area contributed by atoms with Crippen LogP contribution in [0.4, 0.5) is 0 Å². The van der Waals surface area contributed by atoms with E-state index in [4.69, 9.17) is 14.6 Å². The van der Waals surface area contributed by atoms with E-state index in [1.165, 1.54) is 38.5 Å². The lowest BCUT2D eigenvalue weighted by atomic mass is 10.1. The fraction of sp³-hybridized carbons (Fsp3) is 0.824. The van der Waals surface area contributed by atoms with Crippen LogP contribution in [0.15, 0.2) is 0 Å². The fourth-order valence-electron chi connectivity index (χ4n) is 2.05. The Morgan fingerprint density at radius 2 is 1.39 bits per heavy atom. The molecule has 1 N–H and O–H groups in total. The first-order chi connectivity index (χ1) is 11.1. The number of hydrogen-bond donors (Lipinski definition) is 1. The maximum absolute atomic E-state index is 11.2. The second-order valence-electron chi connectivity index (χ2n) is 5.54. The summed E-state index contributed by atoms with van der Waals surface area (Å²) in [5, 5.41) is 8.36. The predicted molar refractivity (Wildman–Crippen MR) is 86.3 cm³/mol. The van der Waals surface area contributed by atoms with Gasteiger partial charge in [0.2, 0.25) is 5.78 Å². The van der Waals surface area contributed by atoms with E-state index in [1.54, 1.807) is 0 Å². The smallest absolute Gasteiger partial charge is 0.372 e. The van der Waals surface area contributed by atoms with Gasteiger partial charge in [0.1, 0.15) is 6.61 Å². The minimum absolute atomic E-state index is 0.136. The molecule has 0 aliphatic carbocycles. The Kier molecular flexibility index (Phi) is 14.5. The van der Waals surface area contributed by atoms with Gasteiger partial charge < -0.3 is 14.6 Å². The summed E-state index contributed by atoms with van der Waals surface area (Å²) < 4.78 is 10.2. The highest BCUT2D eigenvalue weighted by atomic mass is 16.6. The van der Waals surface area contributed by atoms with Crippen LogP contribution in [0.2, 0.25) is 0 Å². The number of carboxylic acid groups (broad SMARTS) is 1. The van der Waals surface area contributed by atoms with E-state index in [-0.39, 0.29) is 19.4 Å². The van der Waals surface area contributed by atoms with Crippen LogP contribution in [0.3, 0.4) is 0 Å². The number of carbonyl (C=O) groups is 3. The van der Waals surface area contributed by atoms with Gasteiger partial charge in [0.15, 0.2) is 0 Å². The van der Waals surface area contributed by atoms with E-state index >= 15 is 0 Å². The number of ketones is 1. The Labute approximate surface area is 138 Å². The Morgan fingerprint density at radius 1 is 0.783 bits per heavy atom. The number of hydrogen-bond acceptors (Lipinski definition) is 5. The maximum atomic E-state index is 11.2. The van der Waals surface area contributed by atoms with Crippen molar-refractivity contribution in [3.8, 4) is 0 Å². The van der Waals surface area contributed by atoms with Crippen LogP contribution in [0, 0.1) is 0 Å². The summed E-state index contributed by atoms with van der Waals surface area (Å²) in [6.07, 6.45) is 9.40. The third-order valence-corrected chi connectivity index (χ3v) is 3.43. The van der Waals surface area contributed by atoms with Gasteiger partial charge in [0.05, 0.1) is 13.0 Å². The Hall–Kier alpha value is -1.43. The van der Waals surface area contributed by atoms with Gasteiger partial charge in [-0.1, -0.05) is 51.9 Å². The fourth-order valence-corrected chi connectivity index (χ4v) is 2.05. The van der Waals surface area contributed by atoms with Crippen LogP contribution in [-0.2, 0) is 23.9 Å². The maximum Gasteiger partial charge on any atom is 0.372 e. The molecule has 0 amide bonds. The van der Waals surface area contributed by atoms with Crippen molar-refractivity contribution in [1.29, 1.82) is 0 Å². The molecule has 23 heavy (non-hydrogen) atoms. The molecule has 0 atom stereocenters. The molecule has 134 valence electrons. The van der Waals surface area contributed by atoms with Crippen molar-refractivity contribution >= 4 is 17.7 Å². The molecule has 0 aliphatic heterocycles. The molecule has 0 saturated carbocycles. The average molecular weight is 330 g/mol. The molecule has 6 nitrogen and oxygen atoms in total.